The number of anilines is 1. The molecule has 35 heavy (non-hydrogen) atoms. The number of amides is 1. The molecular formula is C29H29N3O3. The van der Waals surface area contributed by atoms with Crippen LogP contribution in [-0.2, 0) is 11.2 Å². The number of hydrogen-bond donors (Lipinski definition) is 1. The lowest BCUT2D eigenvalue weighted by Gasteiger charge is -2.44. The van der Waals surface area contributed by atoms with Crippen molar-refractivity contribution >= 4 is 11.6 Å². The molecule has 1 fully saturated rings. The second-order valence-corrected chi connectivity index (χ2v) is 9.14. The molecule has 178 valence electrons. The number of aliphatic hydroxyl groups is 1. The fraction of sp³-hybridized carbons (Fsp3) is 0.310. The van der Waals surface area contributed by atoms with Crippen molar-refractivity contribution in [2.45, 2.75) is 24.9 Å². The zero-order chi connectivity index (χ0) is 24.4. The molecule has 2 aliphatic heterocycles. The Labute approximate surface area is 206 Å². The van der Waals surface area contributed by atoms with Gasteiger partial charge in [0.15, 0.2) is 0 Å². The number of likely N-dealkylation sites (tertiary alicyclic amines) is 1. The van der Waals surface area contributed by atoms with Gasteiger partial charge in [0, 0.05) is 48.7 Å². The smallest absolute Gasteiger partial charge is 0.227 e. The molecule has 5 rings (SSSR count). The first-order valence-electron chi connectivity index (χ1n) is 11.9. The molecule has 0 bridgehead atoms. The van der Waals surface area contributed by atoms with Gasteiger partial charge in [-0.05, 0) is 66.1 Å². The predicted octanol–water partition coefficient (Wildman–Crippen LogP) is 3.43. The van der Waals surface area contributed by atoms with Gasteiger partial charge in [-0.2, -0.15) is 0 Å². The Bertz CT molecular complexity index is 1260. The zero-order valence-electron chi connectivity index (χ0n) is 20.0. The minimum Gasteiger partial charge on any atom is -0.497 e. The highest BCUT2D eigenvalue weighted by Crippen LogP contribution is 2.48. The predicted molar refractivity (Wildman–Crippen MR) is 135 cm³/mol. The average Bonchev–Trinajstić information content (AvgIpc) is 3.34. The molecule has 1 aromatic heterocycles. The third-order valence-electron chi connectivity index (χ3n) is 7.19. The fourth-order valence-electron chi connectivity index (χ4n) is 5.41. The number of carbonyl (C=O) groups excluding carboxylic acids is 1. The number of aliphatic hydroxyl groups excluding tert-OH is 1. The molecule has 0 spiro atoms. The molecule has 6 heteroatoms. The number of aromatic nitrogens is 1. The van der Waals surface area contributed by atoms with Crippen LogP contribution in [0.15, 0.2) is 67.0 Å². The van der Waals surface area contributed by atoms with Gasteiger partial charge in [-0.25, -0.2) is 0 Å². The maximum Gasteiger partial charge on any atom is 0.227 e. The highest BCUT2D eigenvalue weighted by molar-refractivity contribution is 5.80. The van der Waals surface area contributed by atoms with Crippen LogP contribution in [-0.4, -0.2) is 54.2 Å². The summed E-state index contributed by atoms with van der Waals surface area (Å²) in [7, 11) is 3.67. The molecule has 3 aromatic rings. The Balaban J connectivity index is 1.48. The van der Waals surface area contributed by atoms with Gasteiger partial charge in [-0.3, -0.25) is 9.78 Å². The summed E-state index contributed by atoms with van der Waals surface area (Å²) in [6.07, 6.45) is 4.65. The Morgan fingerprint density at radius 1 is 1.14 bits per heavy atom. The van der Waals surface area contributed by atoms with Crippen LogP contribution in [0.5, 0.6) is 5.75 Å². The van der Waals surface area contributed by atoms with Gasteiger partial charge in [0.1, 0.15) is 5.75 Å². The summed E-state index contributed by atoms with van der Waals surface area (Å²) in [6, 6.07) is 17.6. The largest absolute Gasteiger partial charge is 0.497 e. The van der Waals surface area contributed by atoms with E-state index >= 15 is 0 Å². The van der Waals surface area contributed by atoms with Crippen molar-refractivity contribution < 1.29 is 14.6 Å². The number of pyridine rings is 1. The number of ether oxygens (including phenoxy) is 1. The molecule has 0 unspecified atom stereocenters. The van der Waals surface area contributed by atoms with E-state index in [0.29, 0.717) is 13.0 Å². The second kappa shape index (κ2) is 9.81. The molecule has 0 radical (unpaired) electrons. The molecule has 6 nitrogen and oxygen atoms in total. The maximum atomic E-state index is 13.4. The molecule has 0 aliphatic carbocycles. The molecule has 2 aliphatic rings. The van der Waals surface area contributed by atoms with Gasteiger partial charge in [0.05, 0.1) is 32.2 Å². The number of fused-ring (bicyclic) bond motifs is 3. The first-order valence-corrected chi connectivity index (χ1v) is 11.9. The van der Waals surface area contributed by atoms with Crippen LogP contribution < -0.4 is 9.64 Å². The lowest BCUT2D eigenvalue weighted by Crippen LogP contribution is -2.48. The van der Waals surface area contributed by atoms with Crippen molar-refractivity contribution in [3.05, 3.63) is 89.2 Å². The van der Waals surface area contributed by atoms with Gasteiger partial charge >= 0.3 is 0 Å². The minimum atomic E-state index is -0.0785. The van der Waals surface area contributed by atoms with Crippen LogP contribution in [0.4, 0.5) is 5.69 Å². The third kappa shape index (κ3) is 4.48. The molecule has 3 heterocycles. The third-order valence-corrected chi connectivity index (χ3v) is 7.19. The van der Waals surface area contributed by atoms with E-state index in [9.17, 15) is 9.90 Å². The van der Waals surface area contributed by atoms with E-state index in [2.05, 4.69) is 33.9 Å². The Kier molecular flexibility index (Phi) is 6.43. The molecule has 1 amide bonds. The normalized spacial score (nSPS) is 20.5. The number of methoxy groups -OCH3 is 1. The summed E-state index contributed by atoms with van der Waals surface area (Å²) in [4.78, 5) is 21.7. The molecule has 1 saturated heterocycles. The number of likely N-dealkylation sites (N-methyl/N-ethyl adjacent to an activating group) is 1. The van der Waals surface area contributed by atoms with Crippen molar-refractivity contribution in [2.24, 2.45) is 5.92 Å². The lowest BCUT2D eigenvalue weighted by atomic mass is 9.81. The second-order valence-electron chi connectivity index (χ2n) is 9.14. The Morgan fingerprint density at radius 3 is 2.63 bits per heavy atom. The fourth-order valence-corrected chi connectivity index (χ4v) is 5.41. The quantitative estimate of drug-likeness (QED) is 0.596. The number of rotatable bonds is 4. The SMILES string of the molecule is COc1ccc(C#Cc2ccc3c(c2)[C@@H]2[C@@H](CCN2C(=O)Cc2cccnc2)[C@@H](CO)N3C)cc1. The summed E-state index contributed by atoms with van der Waals surface area (Å²) in [6.45, 7) is 0.737. The number of benzene rings is 2. The number of nitrogens with zero attached hydrogens (tertiary/aromatic N) is 3. The highest BCUT2D eigenvalue weighted by atomic mass is 16.5. The van der Waals surface area contributed by atoms with E-state index in [4.69, 9.17) is 4.74 Å². The zero-order valence-corrected chi connectivity index (χ0v) is 20.0. The topological polar surface area (TPSA) is 65.9 Å². The Hall–Kier alpha value is -3.82. The summed E-state index contributed by atoms with van der Waals surface area (Å²) >= 11 is 0. The van der Waals surface area contributed by atoms with E-state index in [0.717, 1.165) is 40.1 Å². The molecule has 2 aromatic carbocycles. The average molecular weight is 468 g/mol. The van der Waals surface area contributed by atoms with Gasteiger partial charge in [0.2, 0.25) is 5.91 Å². The van der Waals surface area contributed by atoms with Crippen LogP contribution in [0.3, 0.4) is 0 Å². The first-order chi connectivity index (χ1) is 17.1. The van der Waals surface area contributed by atoms with Crippen molar-refractivity contribution in [3.63, 3.8) is 0 Å². The number of carbonyl (C=O) groups is 1. The standard InChI is InChI=1S/C29H29N3O3/c1-31-26-12-9-21(6-5-20-7-10-23(35-2)11-8-20)16-25(26)29-24(27(31)19-33)13-15-32(29)28(34)17-22-4-3-14-30-18-22/h3-4,7-12,14,16,18,24,27,29,33H,13,15,17,19H2,1-2H3/t24-,27+,29-/m0/s1. The number of hydrogen-bond acceptors (Lipinski definition) is 5. The van der Waals surface area contributed by atoms with E-state index in [-0.39, 0.29) is 30.5 Å². The molecular weight excluding hydrogens is 438 g/mol. The molecule has 1 N–H and O–H groups in total. The maximum absolute atomic E-state index is 13.4. The van der Waals surface area contributed by atoms with Crippen molar-refractivity contribution in [2.75, 3.05) is 32.2 Å². The minimum absolute atomic E-state index is 0.0278. The molecule has 3 atom stereocenters. The lowest BCUT2D eigenvalue weighted by molar-refractivity contribution is -0.132. The summed E-state index contributed by atoms with van der Waals surface area (Å²) < 4.78 is 5.22. The van der Waals surface area contributed by atoms with Crippen LogP contribution in [0.2, 0.25) is 0 Å². The van der Waals surface area contributed by atoms with Gasteiger partial charge in [-0.1, -0.05) is 17.9 Å². The van der Waals surface area contributed by atoms with E-state index in [1.165, 1.54) is 0 Å². The van der Waals surface area contributed by atoms with E-state index < -0.39 is 0 Å². The Morgan fingerprint density at radius 2 is 1.91 bits per heavy atom. The van der Waals surface area contributed by atoms with Crippen LogP contribution >= 0.6 is 0 Å². The van der Waals surface area contributed by atoms with E-state index in [1.54, 1.807) is 19.5 Å². The van der Waals surface area contributed by atoms with Gasteiger partial charge in [0.25, 0.3) is 0 Å². The van der Waals surface area contributed by atoms with Crippen molar-refractivity contribution in [1.29, 1.82) is 0 Å². The molecule has 0 saturated carbocycles. The van der Waals surface area contributed by atoms with Crippen LogP contribution in [0, 0.1) is 17.8 Å². The van der Waals surface area contributed by atoms with Crippen molar-refractivity contribution in [1.82, 2.24) is 9.88 Å². The summed E-state index contributed by atoms with van der Waals surface area (Å²) in [5, 5.41) is 10.2. The van der Waals surface area contributed by atoms with Gasteiger partial charge < -0.3 is 19.6 Å². The van der Waals surface area contributed by atoms with Crippen molar-refractivity contribution in [3.8, 4) is 17.6 Å². The summed E-state index contributed by atoms with van der Waals surface area (Å²) in [5.41, 5.74) is 4.86. The van der Waals surface area contributed by atoms with Crippen LogP contribution in [0.25, 0.3) is 0 Å². The monoisotopic (exact) mass is 467 g/mol. The van der Waals surface area contributed by atoms with E-state index in [1.807, 2.05) is 54.4 Å². The first kappa shape index (κ1) is 22.9. The highest BCUT2D eigenvalue weighted by Gasteiger charge is 2.47. The van der Waals surface area contributed by atoms with Crippen LogP contribution in [0.1, 0.15) is 34.7 Å². The summed E-state index contributed by atoms with van der Waals surface area (Å²) in [5.74, 6) is 7.57. The van der Waals surface area contributed by atoms with Gasteiger partial charge in [-0.15, -0.1) is 0 Å².